The van der Waals surface area contributed by atoms with Gasteiger partial charge in [0.15, 0.2) is 0 Å². The molecule has 1 heterocycles. The Bertz CT molecular complexity index is 839. The number of para-hydroxylation sites is 1. The summed E-state index contributed by atoms with van der Waals surface area (Å²) in [5.74, 6) is 0.729. The summed E-state index contributed by atoms with van der Waals surface area (Å²) in [5.41, 5.74) is 2.96. The molecule has 0 fully saturated rings. The number of hydrogen-bond acceptors (Lipinski definition) is 2. The van der Waals surface area contributed by atoms with Crippen LogP contribution in [0.2, 0.25) is 10.0 Å². The van der Waals surface area contributed by atoms with Gasteiger partial charge in [-0.1, -0.05) is 29.3 Å². The molecule has 0 N–H and O–H groups in total. The van der Waals surface area contributed by atoms with Gasteiger partial charge < -0.3 is 4.57 Å². The van der Waals surface area contributed by atoms with Gasteiger partial charge in [0.25, 0.3) is 0 Å². The van der Waals surface area contributed by atoms with Crippen molar-refractivity contribution < 1.29 is 0 Å². The molecular formula is C15H9Cl2N3. The van der Waals surface area contributed by atoms with Crippen molar-refractivity contribution >= 4 is 34.2 Å². The molecule has 0 aliphatic rings. The van der Waals surface area contributed by atoms with Crippen LogP contribution in [0, 0.1) is 11.3 Å². The number of imidazole rings is 1. The van der Waals surface area contributed by atoms with Crippen molar-refractivity contribution in [2.24, 2.45) is 7.05 Å². The molecule has 0 unspecified atom stereocenters. The van der Waals surface area contributed by atoms with Gasteiger partial charge in [0.1, 0.15) is 17.4 Å². The Morgan fingerprint density at radius 3 is 2.50 bits per heavy atom. The third-order valence-corrected chi connectivity index (χ3v) is 3.59. The lowest BCUT2D eigenvalue weighted by atomic mass is 10.2. The van der Waals surface area contributed by atoms with Crippen LogP contribution in [-0.4, -0.2) is 9.55 Å². The van der Waals surface area contributed by atoms with Gasteiger partial charge in [-0.05, 0) is 30.3 Å². The summed E-state index contributed by atoms with van der Waals surface area (Å²) in [6.45, 7) is 0. The Morgan fingerprint density at radius 2 is 1.85 bits per heavy atom. The van der Waals surface area contributed by atoms with Gasteiger partial charge in [0.2, 0.25) is 0 Å². The van der Waals surface area contributed by atoms with E-state index >= 15 is 0 Å². The second-order valence-electron chi connectivity index (χ2n) is 4.44. The smallest absolute Gasteiger partial charge is 0.141 e. The summed E-state index contributed by atoms with van der Waals surface area (Å²) < 4.78 is 1.93. The van der Waals surface area contributed by atoms with E-state index in [0.717, 1.165) is 16.9 Å². The third-order valence-electron chi connectivity index (χ3n) is 3.15. The van der Waals surface area contributed by atoms with Crippen LogP contribution in [0.1, 0.15) is 5.56 Å². The maximum Gasteiger partial charge on any atom is 0.141 e. The molecule has 3 aromatic rings. The number of halogens is 2. The molecule has 0 radical (unpaired) electrons. The zero-order valence-electron chi connectivity index (χ0n) is 10.6. The summed E-state index contributed by atoms with van der Waals surface area (Å²) in [6.07, 6.45) is 0. The van der Waals surface area contributed by atoms with Crippen LogP contribution in [0.25, 0.3) is 22.4 Å². The number of fused-ring (bicyclic) bond motifs is 1. The standard InChI is InChI=1S/C15H9Cl2N3/c1-20-13-4-2-3-9(8-18)14(13)19-15(20)10-5-11(16)7-12(17)6-10/h2-7H,1H3. The molecule has 1 aromatic heterocycles. The second kappa shape index (κ2) is 4.82. The number of nitriles is 1. The molecule has 0 aliphatic carbocycles. The predicted molar refractivity (Wildman–Crippen MR) is 80.9 cm³/mol. The molecule has 0 saturated carbocycles. The van der Waals surface area contributed by atoms with E-state index in [1.807, 2.05) is 23.7 Å². The molecule has 0 amide bonds. The summed E-state index contributed by atoms with van der Waals surface area (Å²) in [7, 11) is 1.90. The summed E-state index contributed by atoms with van der Waals surface area (Å²) in [6, 6.07) is 13.0. The van der Waals surface area contributed by atoms with E-state index in [2.05, 4.69) is 11.1 Å². The first-order valence-electron chi connectivity index (χ1n) is 5.92. The van der Waals surface area contributed by atoms with Crippen molar-refractivity contribution in [2.75, 3.05) is 0 Å². The van der Waals surface area contributed by atoms with E-state index in [1.54, 1.807) is 24.3 Å². The number of aromatic nitrogens is 2. The van der Waals surface area contributed by atoms with Crippen LogP contribution in [0.5, 0.6) is 0 Å². The minimum Gasteiger partial charge on any atom is -0.327 e. The molecular weight excluding hydrogens is 293 g/mol. The molecule has 98 valence electrons. The fourth-order valence-corrected chi connectivity index (χ4v) is 2.77. The Balaban J connectivity index is 2.32. The fourth-order valence-electron chi connectivity index (χ4n) is 2.25. The zero-order chi connectivity index (χ0) is 14.3. The highest BCUT2D eigenvalue weighted by Gasteiger charge is 2.13. The van der Waals surface area contributed by atoms with Gasteiger partial charge in [-0.15, -0.1) is 0 Å². The SMILES string of the molecule is Cn1c(-c2cc(Cl)cc(Cl)c2)nc2c(C#N)cccc21. The van der Waals surface area contributed by atoms with Crippen molar-refractivity contribution in [3.05, 3.63) is 52.0 Å². The summed E-state index contributed by atoms with van der Waals surface area (Å²) in [4.78, 5) is 4.56. The van der Waals surface area contributed by atoms with Crippen LogP contribution in [0.4, 0.5) is 0 Å². The highest BCUT2D eigenvalue weighted by Crippen LogP contribution is 2.29. The number of rotatable bonds is 1. The highest BCUT2D eigenvalue weighted by molar-refractivity contribution is 6.35. The average Bonchev–Trinajstić information content (AvgIpc) is 2.75. The van der Waals surface area contributed by atoms with Gasteiger partial charge in [0.05, 0.1) is 11.1 Å². The number of nitrogens with zero attached hydrogens (tertiary/aromatic N) is 3. The molecule has 20 heavy (non-hydrogen) atoms. The second-order valence-corrected chi connectivity index (χ2v) is 5.31. The minimum absolute atomic E-state index is 0.553. The van der Waals surface area contributed by atoms with E-state index in [1.165, 1.54) is 0 Å². The van der Waals surface area contributed by atoms with Gasteiger partial charge in [-0.2, -0.15) is 5.26 Å². The summed E-state index contributed by atoms with van der Waals surface area (Å²) >= 11 is 12.1. The van der Waals surface area contributed by atoms with Crippen LogP contribution >= 0.6 is 23.2 Å². The molecule has 0 aliphatic heterocycles. The maximum atomic E-state index is 9.15. The average molecular weight is 302 g/mol. The van der Waals surface area contributed by atoms with Crippen molar-refractivity contribution in [3.8, 4) is 17.5 Å². The van der Waals surface area contributed by atoms with Gasteiger partial charge in [0, 0.05) is 22.7 Å². The number of aryl methyl sites for hydroxylation is 1. The van der Waals surface area contributed by atoms with Crippen molar-refractivity contribution in [1.82, 2.24) is 9.55 Å². The van der Waals surface area contributed by atoms with E-state index in [0.29, 0.717) is 21.1 Å². The zero-order valence-corrected chi connectivity index (χ0v) is 12.1. The molecule has 0 bridgehead atoms. The topological polar surface area (TPSA) is 41.6 Å². The largest absolute Gasteiger partial charge is 0.327 e. The highest BCUT2D eigenvalue weighted by atomic mass is 35.5. The Morgan fingerprint density at radius 1 is 1.15 bits per heavy atom. The molecule has 5 heteroatoms. The molecule has 0 spiro atoms. The molecule has 3 nitrogen and oxygen atoms in total. The summed E-state index contributed by atoms with van der Waals surface area (Å²) in [5, 5.41) is 10.3. The van der Waals surface area contributed by atoms with Crippen LogP contribution < -0.4 is 0 Å². The quantitative estimate of drug-likeness (QED) is 0.667. The van der Waals surface area contributed by atoms with E-state index in [4.69, 9.17) is 28.5 Å². The Kier molecular flexibility index (Phi) is 3.13. The van der Waals surface area contributed by atoms with E-state index < -0.39 is 0 Å². The number of benzene rings is 2. The normalized spacial score (nSPS) is 10.7. The lowest BCUT2D eigenvalue weighted by Gasteiger charge is -2.04. The van der Waals surface area contributed by atoms with Crippen LogP contribution in [0.3, 0.4) is 0 Å². The van der Waals surface area contributed by atoms with Crippen molar-refractivity contribution in [2.45, 2.75) is 0 Å². The fraction of sp³-hybridized carbons (Fsp3) is 0.0667. The lowest BCUT2D eigenvalue weighted by Crippen LogP contribution is -1.92. The lowest BCUT2D eigenvalue weighted by molar-refractivity contribution is 0.959. The Labute approximate surface area is 126 Å². The van der Waals surface area contributed by atoms with Gasteiger partial charge in [-0.3, -0.25) is 0 Å². The molecule has 3 rings (SSSR count). The number of hydrogen-bond donors (Lipinski definition) is 0. The van der Waals surface area contributed by atoms with Crippen molar-refractivity contribution in [3.63, 3.8) is 0 Å². The van der Waals surface area contributed by atoms with Crippen LogP contribution in [0.15, 0.2) is 36.4 Å². The van der Waals surface area contributed by atoms with Gasteiger partial charge in [-0.25, -0.2) is 4.98 Å². The first-order chi connectivity index (χ1) is 9.60. The first kappa shape index (κ1) is 13.0. The predicted octanol–water partition coefficient (Wildman–Crippen LogP) is 4.42. The van der Waals surface area contributed by atoms with Crippen molar-refractivity contribution in [1.29, 1.82) is 5.26 Å². The van der Waals surface area contributed by atoms with Crippen LogP contribution in [-0.2, 0) is 7.05 Å². The van der Waals surface area contributed by atoms with E-state index in [-0.39, 0.29) is 0 Å². The third kappa shape index (κ3) is 2.03. The monoisotopic (exact) mass is 301 g/mol. The maximum absolute atomic E-state index is 9.15. The molecule has 0 atom stereocenters. The first-order valence-corrected chi connectivity index (χ1v) is 6.68. The molecule has 2 aromatic carbocycles. The van der Waals surface area contributed by atoms with E-state index in [9.17, 15) is 0 Å². The van der Waals surface area contributed by atoms with Gasteiger partial charge >= 0.3 is 0 Å². The Hall–Kier alpha value is -2.02. The molecule has 0 saturated heterocycles. The minimum atomic E-state index is 0.553.